The number of hydrogen-bond donors (Lipinski definition) is 0. The molecule has 0 saturated heterocycles. The molecule has 0 atom stereocenters. The molecule has 366 valence electrons. The van der Waals surface area contributed by atoms with E-state index in [1.165, 1.54) is 85.6 Å². The number of rotatable bonds is 14. The SMILES string of the molecule is CC(C)[Si](Oc1ccc2c(c1)C(c1ccccc1)(c1ccccc1)c1c-2sc2cc3c4c(sc3cc12)-c1ccc(O[Si](C(C)C)(C(C)C)C(C)C)cc1C4(c1ccccc1)c1ccccc1)(C(C)C)C(C)C. The zero-order chi connectivity index (χ0) is 50.5. The molecule has 9 aromatic rings. The zero-order valence-corrected chi connectivity index (χ0v) is 47.9. The van der Waals surface area contributed by atoms with E-state index in [9.17, 15) is 0 Å². The zero-order valence-electron chi connectivity index (χ0n) is 44.3. The van der Waals surface area contributed by atoms with Gasteiger partial charge in [0.15, 0.2) is 0 Å². The van der Waals surface area contributed by atoms with Crippen LogP contribution in [0.4, 0.5) is 0 Å². The highest BCUT2D eigenvalue weighted by atomic mass is 32.1. The van der Waals surface area contributed by atoms with Crippen molar-refractivity contribution in [2.75, 3.05) is 0 Å². The Labute approximate surface area is 439 Å². The lowest BCUT2D eigenvalue weighted by molar-refractivity contribution is 0.478. The second kappa shape index (κ2) is 18.2. The molecule has 2 aliphatic carbocycles. The van der Waals surface area contributed by atoms with Gasteiger partial charge in [-0.2, -0.15) is 0 Å². The monoisotopic (exact) mass is 1010 g/mol. The van der Waals surface area contributed by atoms with Crippen LogP contribution in [0.1, 0.15) is 128 Å². The van der Waals surface area contributed by atoms with E-state index in [2.05, 4.69) is 253 Å². The molecule has 2 aromatic heterocycles. The third-order valence-corrected chi connectivity index (χ3v) is 31.7. The molecule has 0 saturated carbocycles. The van der Waals surface area contributed by atoms with Crippen LogP contribution in [-0.2, 0) is 10.8 Å². The molecule has 0 aliphatic heterocycles. The summed E-state index contributed by atoms with van der Waals surface area (Å²) in [6.45, 7) is 28.6. The van der Waals surface area contributed by atoms with Gasteiger partial charge in [0.25, 0.3) is 16.6 Å². The summed E-state index contributed by atoms with van der Waals surface area (Å²) in [7, 11) is -4.52. The molecule has 0 unspecified atom stereocenters. The van der Waals surface area contributed by atoms with E-state index in [0.717, 1.165) is 11.5 Å². The first-order valence-corrected chi connectivity index (χ1v) is 32.5. The number of hydrogen-bond acceptors (Lipinski definition) is 4. The van der Waals surface area contributed by atoms with E-state index in [-0.39, 0.29) is 0 Å². The Hall–Kier alpha value is -5.51. The highest BCUT2D eigenvalue weighted by Crippen LogP contribution is 2.65. The van der Waals surface area contributed by atoms with Crippen molar-refractivity contribution in [2.24, 2.45) is 0 Å². The van der Waals surface area contributed by atoms with Crippen molar-refractivity contribution in [1.29, 1.82) is 0 Å². The molecule has 6 heteroatoms. The van der Waals surface area contributed by atoms with E-state index in [4.69, 9.17) is 8.85 Å². The molecule has 2 aliphatic rings. The van der Waals surface area contributed by atoms with Gasteiger partial charge in [0.1, 0.15) is 11.5 Å². The normalized spacial score (nSPS) is 14.8. The summed E-state index contributed by atoms with van der Waals surface area (Å²) < 4.78 is 17.7. The predicted molar refractivity (Wildman–Crippen MR) is 315 cm³/mol. The molecule has 7 aromatic carbocycles. The second-order valence-electron chi connectivity index (χ2n) is 22.7. The van der Waals surface area contributed by atoms with Gasteiger partial charge < -0.3 is 8.85 Å². The molecule has 0 bridgehead atoms. The van der Waals surface area contributed by atoms with Crippen LogP contribution >= 0.6 is 22.7 Å². The van der Waals surface area contributed by atoms with Crippen molar-refractivity contribution in [3.63, 3.8) is 0 Å². The van der Waals surface area contributed by atoms with E-state index in [1.807, 2.05) is 22.7 Å². The Morgan fingerprint density at radius 3 is 0.889 bits per heavy atom. The van der Waals surface area contributed by atoms with Crippen LogP contribution in [0.5, 0.6) is 11.5 Å². The van der Waals surface area contributed by atoms with Crippen molar-refractivity contribution >= 4 is 59.5 Å². The van der Waals surface area contributed by atoms with Gasteiger partial charge in [0, 0.05) is 19.2 Å². The van der Waals surface area contributed by atoms with E-state index >= 15 is 0 Å². The molecule has 0 N–H and O–H groups in total. The summed E-state index contributed by atoms with van der Waals surface area (Å²) in [6, 6.07) is 64.7. The van der Waals surface area contributed by atoms with Crippen molar-refractivity contribution in [3.8, 4) is 32.4 Å². The Bertz CT molecular complexity index is 3090. The first-order chi connectivity index (χ1) is 34.6. The van der Waals surface area contributed by atoms with Crippen LogP contribution in [0.15, 0.2) is 170 Å². The second-order valence-corrected chi connectivity index (χ2v) is 35.5. The standard InChI is InChI=1S/C66H70O2S2Si2/c1-41(2)71(42(3)4,43(5)6)67-51-33-35-53-57(37-51)65(47-25-17-13-18-26-47,48-27-19-14-20-28-48)61-55-39-60-56(40-59(55)69-63(53)61)62-64(70-60)54-36-34-52(68-72(44(7)8,45(9)10)46(11)12)38-58(54)66(62,49-29-21-15-22-30-49)50-31-23-16-24-32-50/h13-46H,1-12H3. The van der Waals surface area contributed by atoms with Gasteiger partial charge in [-0.15, -0.1) is 22.7 Å². The smallest absolute Gasteiger partial charge is 0.258 e. The molecular weight excluding hydrogens is 945 g/mol. The van der Waals surface area contributed by atoms with Crippen LogP contribution in [0.2, 0.25) is 33.2 Å². The lowest BCUT2D eigenvalue weighted by atomic mass is 9.66. The average molecular weight is 1020 g/mol. The maximum Gasteiger partial charge on any atom is 0.258 e. The first-order valence-electron chi connectivity index (χ1n) is 26.6. The fourth-order valence-electron chi connectivity index (χ4n) is 14.7. The third kappa shape index (κ3) is 6.87. The summed E-state index contributed by atoms with van der Waals surface area (Å²) in [5, 5.41) is 2.66. The van der Waals surface area contributed by atoms with Gasteiger partial charge in [0.2, 0.25) is 0 Å². The van der Waals surface area contributed by atoms with Gasteiger partial charge in [-0.05, 0) is 148 Å². The number of benzene rings is 7. The van der Waals surface area contributed by atoms with Crippen LogP contribution in [-0.4, -0.2) is 16.6 Å². The maximum absolute atomic E-state index is 7.55. The van der Waals surface area contributed by atoms with Gasteiger partial charge in [0.05, 0.1) is 10.8 Å². The van der Waals surface area contributed by atoms with Crippen LogP contribution in [0, 0.1) is 0 Å². The van der Waals surface area contributed by atoms with Gasteiger partial charge in [-0.25, -0.2) is 0 Å². The quantitative estimate of drug-likeness (QED) is 0.101. The highest BCUT2D eigenvalue weighted by Gasteiger charge is 2.53. The summed E-state index contributed by atoms with van der Waals surface area (Å²) in [5.74, 6) is 2.00. The Balaban J connectivity index is 1.20. The van der Waals surface area contributed by atoms with E-state index in [0.29, 0.717) is 33.2 Å². The van der Waals surface area contributed by atoms with Gasteiger partial charge in [-0.1, -0.05) is 204 Å². The Morgan fingerprint density at radius 1 is 0.347 bits per heavy atom. The van der Waals surface area contributed by atoms with Crippen molar-refractivity contribution in [1.82, 2.24) is 0 Å². The maximum atomic E-state index is 7.55. The van der Waals surface area contributed by atoms with Gasteiger partial charge >= 0.3 is 0 Å². The van der Waals surface area contributed by atoms with Gasteiger partial charge in [-0.3, -0.25) is 0 Å². The molecule has 11 rings (SSSR count). The van der Waals surface area contributed by atoms with Crippen molar-refractivity contribution < 1.29 is 8.85 Å². The fraction of sp³-hybridized carbons (Fsp3) is 0.303. The molecule has 0 radical (unpaired) electrons. The topological polar surface area (TPSA) is 18.5 Å². The average Bonchev–Trinajstić information content (AvgIpc) is 4.09. The van der Waals surface area contributed by atoms with Crippen LogP contribution in [0.25, 0.3) is 41.1 Å². The summed E-state index contributed by atoms with van der Waals surface area (Å²) >= 11 is 3.94. The Kier molecular flexibility index (Phi) is 12.3. The fourth-order valence-corrected chi connectivity index (χ4v) is 27.8. The summed E-state index contributed by atoms with van der Waals surface area (Å²) in [4.78, 5) is 2.70. The summed E-state index contributed by atoms with van der Waals surface area (Å²) in [6.07, 6.45) is 0. The largest absolute Gasteiger partial charge is 0.543 e. The minimum Gasteiger partial charge on any atom is -0.543 e. The van der Waals surface area contributed by atoms with E-state index < -0.39 is 27.5 Å². The lowest BCUT2D eigenvalue weighted by Crippen LogP contribution is -2.50. The predicted octanol–water partition coefficient (Wildman–Crippen LogP) is 20.0. The molecule has 2 nitrogen and oxygen atoms in total. The van der Waals surface area contributed by atoms with Crippen molar-refractivity contribution in [2.45, 2.75) is 127 Å². The Morgan fingerprint density at radius 2 is 0.625 bits per heavy atom. The van der Waals surface area contributed by atoms with Crippen molar-refractivity contribution in [3.05, 3.63) is 214 Å². The number of thiophene rings is 2. The molecule has 0 spiro atoms. The minimum absolute atomic E-state index is 0.463. The van der Waals surface area contributed by atoms with Crippen LogP contribution < -0.4 is 8.85 Å². The first kappa shape index (κ1) is 48.7. The highest BCUT2D eigenvalue weighted by molar-refractivity contribution is 7.24. The number of fused-ring (bicyclic) bond motifs is 10. The molecule has 0 amide bonds. The minimum atomic E-state index is -2.26. The summed E-state index contributed by atoms with van der Waals surface area (Å²) in [5.41, 5.74) is 14.7. The molecular formula is C66H70O2S2Si2. The van der Waals surface area contributed by atoms with E-state index in [1.54, 1.807) is 0 Å². The lowest BCUT2D eigenvalue weighted by Gasteiger charge is -2.42. The molecule has 0 fully saturated rings. The molecule has 72 heavy (non-hydrogen) atoms. The van der Waals surface area contributed by atoms with Crippen LogP contribution in [0.3, 0.4) is 0 Å². The molecule has 2 heterocycles. The third-order valence-electron chi connectivity index (χ3n) is 17.4.